The molecule has 4 N–H and O–H groups in total. The fourth-order valence-electron chi connectivity index (χ4n) is 1.45. The molecular formula is C12H17ClN2O2. The number of nitrogens with two attached hydrogens (primary N) is 1. The van der Waals surface area contributed by atoms with E-state index in [4.69, 9.17) is 22.4 Å². The van der Waals surface area contributed by atoms with Gasteiger partial charge < -0.3 is 16.2 Å². The first-order valence-corrected chi connectivity index (χ1v) is 5.89. The minimum atomic E-state index is -0.183. The summed E-state index contributed by atoms with van der Waals surface area (Å²) >= 11 is 5.84. The molecule has 0 aliphatic carbocycles. The summed E-state index contributed by atoms with van der Waals surface area (Å²) in [7, 11) is 0. The molecule has 4 nitrogen and oxygen atoms in total. The highest BCUT2D eigenvalue weighted by Gasteiger charge is 2.10. The molecular weight excluding hydrogens is 240 g/mol. The minimum Gasteiger partial charge on any atom is -0.398 e. The number of benzene rings is 1. The van der Waals surface area contributed by atoms with Crippen molar-refractivity contribution in [1.29, 1.82) is 0 Å². The Morgan fingerprint density at radius 3 is 2.88 bits per heavy atom. The van der Waals surface area contributed by atoms with Gasteiger partial charge in [-0.25, -0.2) is 0 Å². The molecule has 0 fully saturated rings. The number of nitrogens with one attached hydrogen (secondary N) is 1. The van der Waals surface area contributed by atoms with Crippen LogP contribution in [-0.4, -0.2) is 23.7 Å². The highest BCUT2D eigenvalue weighted by atomic mass is 35.5. The van der Waals surface area contributed by atoms with Crippen LogP contribution in [0, 0.1) is 0 Å². The average molecular weight is 257 g/mol. The molecule has 94 valence electrons. The third-order valence-corrected chi connectivity index (χ3v) is 2.76. The molecule has 0 saturated heterocycles. The van der Waals surface area contributed by atoms with Crippen molar-refractivity contribution in [3.05, 3.63) is 28.8 Å². The maximum Gasteiger partial charge on any atom is 0.251 e. The molecule has 0 heterocycles. The molecule has 17 heavy (non-hydrogen) atoms. The van der Waals surface area contributed by atoms with E-state index in [0.717, 1.165) is 6.42 Å². The van der Waals surface area contributed by atoms with Gasteiger partial charge in [-0.15, -0.1) is 0 Å². The quantitative estimate of drug-likeness (QED) is 0.704. The van der Waals surface area contributed by atoms with E-state index >= 15 is 0 Å². The lowest BCUT2D eigenvalue weighted by Crippen LogP contribution is -2.32. The molecule has 0 aromatic heterocycles. The zero-order valence-electron chi connectivity index (χ0n) is 9.74. The smallest absolute Gasteiger partial charge is 0.251 e. The van der Waals surface area contributed by atoms with Gasteiger partial charge in [0.05, 0.1) is 10.7 Å². The standard InChI is InChI=1S/C12H17ClN2O2/c1-8(3-2-6-16)15-12(17)9-4-5-11(14)10(13)7-9/h4-5,7-8,16H,2-3,6,14H2,1H3,(H,15,17). The van der Waals surface area contributed by atoms with Crippen LogP contribution in [0.5, 0.6) is 0 Å². The molecule has 0 aliphatic heterocycles. The van der Waals surface area contributed by atoms with Crippen molar-refractivity contribution in [2.45, 2.75) is 25.8 Å². The molecule has 0 aliphatic rings. The van der Waals surface area contributed by atoms with E-state index < -0.39 is 0 Å². The lowest BCUT2D eigenvalue weighted by molar-refractivity contribution is 0.0936. The van der Waals surface area contributed by atoms with Crippen LogP contribution in [0.15, 0.2) is 18.2 Å². The van der Waals surface area contributed by atoms with E-state index in [1.807, 2.05) is 6.92 Å². The Kier molecular flexibility index (Phi) is 5.25. The van der Waals surface area contributed by atoms with Crippen LogP contribution in [-0.2, 0) is 0 Å². The van der Waals surface area contributed by atoms with Crippen molar-refractivity contribution in [3.63, 3.8) is 0 Å². The number of nitrogen functional groups attached to an aromatic ring is 1. The van der Waals surface area contributed by atoms with E-state index in [9.17, 15) is 4.79 Å². The number of amides is 1. The second kappa shape index (κ2) is 6.47. The summed E-state index contributed by atoms with van der Waals surface area (Å²) in [6.45, 7) is 2.03. The zero-order chi connectivity index (χ0) is 12.8. The second-order valence-electron chi connectivity index (χ2n) is 3.98. The van der Waals surface area contributed by atoms with Crippen LogP contribution in [0.1, 0.15) is 30.1 Å². The maximum absolute atomic E-state index is 11.8. The maximum atomic E-state index is 11.8. The molecule has 0 radical (unpaired) electrons. The topological polar surface area (TPSA) is 75.3 Å². The first kappa shape index (κ1) is 13.8. The number of hydrogen-bond donors (Lipinski definition) is 3. The molecule has 1 aromatic rings. The first-order chi connectivity index (χ1) is 8.04. The van der Waals surface area contributed by atoms with Gasteiger partial charge in [0.1, 0.15) is 0 Å². The van der Waals surface area contributed by atoms with Gasteiger partial charge in [-0.2, -0.15) is 0 Å². The van der Waals surface area contributed by atoms with Crippen molar-refractivity contribution in [3.8, 4) is 0 Å². The summed E-state index contributed by atoms with van der Waals surface area (Å²) in [5.41, 5.74) is 6.51. The summed E-state index contributed by atoms with van der Waals surface area (Å²) in [5.74, 6) is -0.183. The SMILES string of the molecule is CC(CCCO)NC(=O)c1ccc(N)c(Cl)c1. The molecule has 1 amide bonds. The monoisotopic (exact) mass is 256 g/mol. The summed E-state index contributed by atoms with van der Waals surface area (Å²) < 4.78 is 0. The van der Waals surface area contributed by atoms with Gasteiger partial charge >= 0.3 is 0 Å². The normalized spacial score (nSPS) is 12.2. The number of carbonyl (C=O) groups is 1. The largest absolute Gasteiger partial charge is 0.398 e. The van der Waals surface area contributed by atoms with E-state index in [1.54, 1.807) is 18.2 Å². The number of rotatable bonds is 5. The third kappa shape index (κ3) is 4.24. The van der Waals surface area contributed by atoms with Gasteiger partial charge in [0.25, 0.3) is 5.91 Å². The second-order valence-corrected chi connectivity index (χ2v) is 4.38. The summed E-state index contributed by atoms with van der Waals surface area (Å²) in [4.78, 5) is 11.8. The fourth-order valence-corrected chi connectivity index (χ4v) is 1.63. The van der Waals surface area contributed by atoms with Crippen LogP contribution in [0.4, 0.5) is 5.69 Å². The highest BCUT2D eigenvalue weighted by Crippen LogP contribution is 2.19. The fraction of sp³-hybridized carbons (Fsp3) is 0.417. The van der Waals surface area contributed by atoms with Crippen LogP contribution >= 0.6 is 11.6 Å². The molecule has 0 saturated carbocycles. The van der Waals surface area contributed by atoms with Gasteiger partial charge in [-0.3, -0.25) is 4.79 Å². The van der Waals surface area contributed by atoms with Gasteiger partial charge in [0.2, 0.25) is 0 Å². The molecule has 0 spiro atoms. The van der Waals surface area contributed by atoms with Crippen molar-refractivity contribution in [2.75, 3.05) is 12.3 Å². The van der Waals surface area contributed by atoms with Crippen LogP contribution in [0.25, 0.3) is 0 Å². The minimum absolute atomic E-state index is 0.0194. The van der Waals surface area contributed by atoms with Crippen LogP contribution < -0.4 is 11.1 Å². The Morgan fingerprint density at radius 2 is 2.29 bits per heavy atom. The Hall–Kier alpha value is -1.26. The number of carbonyl (C=O) groups excluding carboxylic acids is 1. The molecule has 1 aromatic carbocycles. The number of aliphatic hydroxyl groups excluding tert-OH is 1. The van der Waals surface area contributed by atoms with Crippen molar-refractivity contribution in [1.82, 2.24) is 5.32 Å². The van der Waals surface area contributed by atoms with Gasteiger partial charge in [0.15, 0.2) is 0 Å². The summed E-state index contributed by atoms with van der Waals surface area (Å²) in [6, 6.07) is 4.81. The van der Waals surface area contributed by atoms with Crippen LogP contribution in [0.2, 0.25) is 5.02 Å². The number of aliphatic hydroxyl groups is 1. The third-order valence-electron chi connectivity index (χ3n) is 2.44. The predicted octanol–water partition coefficient (Wildman–Crippen LogP) is 1.81. The average Bonchev–Trinajstić information content (AvgIpc) is 2.30. The Labute approximate surface area is 106 Å². The summed E-state index contributed by atoms with van der Waals surface area (Å²) in [6.07, 6.45) is 1.41. The lowest BCUT2D eigenvalue weighted by atomic mass is 10.1. The first-order valence-electron chi connectivity index (χ1n) is 5.51. The molecule has 5 heteroatoms. The van der Waals surface area contributed by atoms with Crippen molar-refractivity contribution >= 4 is 23.2 Å². The molecule has 1 unspecified atom stereocenters. The van der Waals surface area contributed by atoms with Crippen molar-refractivity contribution in [2.24, 2.45) is 0 Å². The van der Waals surface area contributed by atoms with E-state index in [2.05, 4.69) is 5.32 Å². The van der Waals surface area contributed by atoms with E-state index in [1.165, 1.54) is 0 Å². The number of anilines is 1. The number of halogens is 1. The van der Waals surface area contributed by atoms with E-state index in [-0.39, 0.29) is 18.6 Å². The Morgan fingerprint density at radius 1 is 1.59 bits per heavy atom. The van der Waals surface area contributed by atoms with Gasteiger partial charge in [-0.05, 0) is 38.0 Å². The van der Waals surface area contributed by atoms with Gasteiger partial charge in [0, 0.05) is 18.2 Å². The lowest BCUT2D eigenvalue weighted by Gasteiger charge is -2.13. The van der Waals surface area contributed by atoms with E-state index in [0.29, 0.717) is 22.7 Å². The van der Waals surface area contributed by atoms with Crippen molar-refractivity contribution < 1.29 is 9.90 Å². The molecule has 1 atom stereocenters. The molecule has 1 rings (SSSR count). The predicted molar refractivity (Wildman–Crippen MR) is 69.1 cm³/mol. The highest BCUT2D eigenvalue weighted by molar-refractivity contribution is 6.33. The zero-order valence-corrected chi connectivity index (χ0v) is 10.5. The Bertz CT molecular complexity index is 396. The number of hydrogen-bond acceptors (Lipinski definition) is 3. The molecule has 0 bridgehead atoms. The summed E-state index contributed by atoms with van der Waals surface area (Å²) in [5, 5.41) is 11.9. The van der Waals surface area contributed by atoms with Gasteiger partial charge in [-0.1, -0.05) is 11.6 Å². The van der Waals surface area contributed by atoms with Crippen LogP contribution in [0.3, 0.4) is 0 Å². The Balaban J connectivity index is 2.60.